The van der Waals surface area contributed by atoms with Gasteiger partial charge in [-0.1, -0.05) is 68.8 Å². The third-order valence-electron chi connectivity index (χ3n) is 14.1. The zero-order valence-corrected chi connectivity index (χ0v) is 44.2. The van der Waals surface area contributed by atoms with Crippen LogP contribution in [0.1, 0.15) is 118 Å². The molecule has 0 N–H and O–H groups in total. The van der Waals surface area contributed by atoms with Crippen LogP contribution in [0.4, 0.5) is 26.3 Å². The molecular weight excluding hydrogens is 1100 g/mol. The molecule has 0 aliphatic carbocycles. The number of aromatic nitrogens is 6. The Morgan fingerprint density at radius 2 is 1.00 bits per heavy atom. The number of alkyl halides is 6. The van der Waals surface area contributed by atoms with E-state index in [2.05, 4.69) is 20.5 Å². The zero-order valence-electron chi connectivity index (χ0n) is 39.5. The number of aryl methyl sites for hydroxylation is 2. The first-order valence-electron chi connectivity index (χ1n) is 23.8. The number of oxime groups is 2. The standard InChI is InChI=1S/C49H46Cl4F6N10O3S2/c1-25-17-41(48(54,55)56)62-68(25)21-37(66-13-9-27(10-14-66)46-60-35(23-73-46)33-19-39(71-64-33)43-29(50)5-3-6-30(43)51)45(70)38(22-69-26(2)18-42(63-69)49(57,58)59)67-15-11-28(12-16-67)47-61-36(24-74-47)34-20-40(72-65-34)44-31(52)7-4-8-32(44)53/h3-8,17-18,23-24,27-28,37-40H,9-16,19-22H2,1-2H3/t37?,38?,39-,40-/m1/s1. The van der Waals surface area contributed by atoms with E-state index >= 15 is 4.79 Å². The fourth-order valence-corrected chi connectivity index (χ4v) is 13.4. The Bertz CT molecular complexity index is 2860. The lowest BCUT2D eigenvalue weighted by atomic mass is 9.91. The van der Waals surface area contributed by atoms with Gasteiger partial charge in [-0.05, 0) is 102 Å². The number of thiazole rings is 2. The fourth-order valence-electron chi connectivity index (χ4n) is 10.1. The van der Waals surface area contributed by atoms with Crippen molar-refractivity contribution in [2.45, 2.75) is 114 Å². The highest BCUT2D eigenvalue weighted by molar-refractivity contribution is 7.10. The van der Waals surface area contributed by atoms with Crippen LogP contribution >= 0.6 is 69.1 Å². The number of carbonyl (C=O) groups excluding carboxylic acids is 1. The molecule has 0 bridgehead atoms. The van der Waals surface area contributed by atoms with E-state index in [1.165, 1.54) is 45.9 Å². The lowest BCUT2D eigenvalue weighted by Crippen LogP contribution is -2.57. The van der Waals surface area contributed by atoms with Crippen molar-refractivity contribution < 1.29 is 40.8 Å². The van der Waals surface area contributed by atoms with Crippen molar-refractivity contribution in [3.05, 3.63) is 135 Å². The average Bonchev–Trinajstić information content (AvgIpc) is 4.23. The number of likely N-dealkylation sites (tertiary alicyclic amines) is 2. The number of benzene rings is 2. The zero-order chi connectivity index (χ0) is 52.2. The average molecular weight is 1140 g/mol. The van der Waals surface area contributed by atoms with Crippen molar-refractivity contribution in [2.75, 3.05) is 26.2 Å². The van der Waals surface area contributed by atoms with E-state index in [-0.39, 0.29) is 42.1 Å². The summed E-state index contributed by atoms with van der Waals surface area (Å²) < 4.78 is 86.6. The molecule has 2 fully saturated rings. The molecule has 2 saturated heterocycles. The number of carbonyl (C=O) groups is 1. The first kappa shape index (κ1) is 52.8. The van der Waals surface area contributed by atoms with E-state index in [9.17, 15) is 26.3 Å². The maximum Gasteiger partial charge on any atom is 0.435 e. The molecule has 0 spiro atoms. The van der Waals surface area contributed by atoms with Crippen LogP contribution in [0.2, 0.25) is 20.1 Å². The number of hydrogen-bond acceptors (Lipinski definition) is 13. The monoisotopic (exact) mass is 1140 g/mol. The quantitative estimate of drug-likeness (QED) is 0.0979. The number of halogens is 10. The van der Waals surface area contributed by atoms with E-state index in [4.69, 9.17) is 66.0 Å². The van der Waals surface area contributed by atoms with Crippen molar-refractivity contribution in [3.63, 3.8) is 0 Å². The number of nitrogens with zero attached hydrogens (tertiary/aromatic N) is 10. The summed E-state index contributed by atoms with van der Waals surface area (Å²) in [5.41, 5.74) is 2.14. The SMILES string of the molecule is Cc1cc(C(F)(F)F)nn1CC(C(=O)C(Cn1nc(C(F)(F)F)cc1C)N1CCC(c2nc(C3=NO[C@@H](c4c(Cl)cccc4Cl)C3)cs2)CC1)N1CCC(c2nc(C3=NO[C@@H](c4c(Cl)cccc4Cl)C3)cs2)CC1. The molecule has 4 aliphatic heterocycles. The van der Waals surface area contributed by atoms with Crippen molar-refractivity contribution >= 4 is 86.3 Å². The summed E-state index contributed by atoms with van der Waals surface area (Å²) in [6, 6.07) is 10.3. The lowest BCUT2D eigenvalue weighted by Gasteiger charge is -2.41. The second-order valence-corrected chi connectivity index (χ2v) is 22.2. The van der Waals surface area contributed by atoms with Gasteiger partial charge in [0.05, 0.1) is 46.6 Å². The van der Waals surface area contributed by atoms with Gasteiger partial charge in [-0.25, -0.2) is 9.97 Å². The van der Waals surface area contributed by atoms with Gasteiger partial charge < -0.3 is 9.68 Å². The molecule has 25 heteroatoms. The van der Waals surface area contributed by atoms with Crippen LogP contribution in [-0.4, -0.2) is 94.8 Å². The Balaban J connectivity index is 0.875. The van der Waals surface area contributed by atoms with Gasteiger partial charge in [0.15, 0.2) is 29.4 Å². The van der Waals surface area contributed by atoms with Crippen molar-refractivity contribution in [1.82, 2.24) is 39.3 Å². The molecule has 4 atom stereocenters. The van der Waals surface area contributed by atoms with Gasteiger partial charge in [0.25, 0.3) is 0 Å². The maximum absolute atomic E-state index is 15.5. The number of rotatable bonds is 14. The first-order valence-corrected chi connectivity index (χ1v) is 27.1. The molecule has 4 aromatic heterocycles. The van der Waals surface area contributed by atoms with Gasteiger partial charge in [-0.3, -0.25) is 24.0 Å². The third kappa shape index (κ3) is 11.1. The number of hydrogen-bond donors (Lipinski definition) is 0. The highest BCUT2D eigenvalue weighted by Gasteiger charge is 2.42. The summed E-state index contributed by atoms with van der Waals surface area (Å²) in [6.45, 7) is 4.06. The largest absolute Gasteiger partial charge is 0.435 e. The van der Waals surface area contributed by atoms with E-state index in [0.717, 1.165) is 22.1 Å². The first-order chi connectivity index (χ1) is 35.3. The summed E-state index contributed by atoms with van der Waals surface area (Å²) in [5, 5.41) is 23.9. The molecule has 392 valence electrons. The van der Waals surface area contributed by atoms with Crippen LogP contribution in [0.5, 0.6) is 0 Å². The molecule has 0 saturated carbocycles. The molecule has 6 aromatic rings. The highest BCUT2D eigenvalue weighted by atomic mass is 35.5. The maximum atomic E-state index is 15.5. The van der Waals surface area contributed by atoms with Crippen LogP contribution in [-0.2, 0) is 39.9 Å². The molecular formula is C49H46Cl4F6N10O3S2. The van der Waals surface area contributed by atoms with Crippen molar-refractivity contribution in [2.24, 2.45) is 10.3 Å². The van der Waals surface area contributed by atoms with Crippen LogP contribution in [0, 0.1) is 13.8 Å². The van der Waals surface area contributed by atoms with Gasteiger partial charge in [-0.2, -0.15) is 36.5 Å². The number of piperidine rings is 2. The van der Waals surface area contributed by atoms with Crippen molar-refractivity contribution in [1.29, 1.82) is 0 Å². The van der Waals surface area contributed by atoms with Crippen molar-refractivity contribution in [3.8, 4) is 0 Å². The molecule has 10 rings (SSSR count). The van der Waals surface area contributed by atoms with Gasteiger partial charge in [0.1, 0.15) is 11.4 Å². The predicted octanol–water partition coefficient (Wildman–Crippen LogP) is 12.8. The van der Waals surface area contributed by atoms with Crippen LogP contribution < -0.4 is 0 Å². The molecule has 74 heavy (non-hydrogen) atoms. The normalized spacial score (nSPS) is 20.4. The fraction of sp³-hybridized carbons (Fsp3) is 0.449. The number of ketones is 1. The third-order valence-corrected chi connectivity index (χ3v) is 17.5. The molecule has 2 unspecified atom stereocenters. The van der Waals surface area contributed by atoms with Crippen LogP contribution in [0.3, 0.4) is 0 Å². The van der Waals surface area contributed by atoms with Crippen LogP contribution in [0.15, 0.2) is 69.6 Å². The molecule has 0 amide bonds. The summed E-state index contributed by atoms with van der Waals surface area (Å²) in [6.07, 6.45) is -7.34. The summed E-state index contributed by atoms with van der Waals surface area (Å²) in [4.78, 5) is 40.8. The van der Waals surface area contributed by atoms with E-state index in [0.29, 0.717) is 119 Å². The lowest BCUT2D eigenvalue weighted by molar-refractivity contribution is -0.142. The van der Waals surface area contributed by atoms with E-state index in [1.807, 2.05) is 20.6 Å². The van der Waals surface area contributed by atoms with E-state index in [1.54, 1.807) is 36.4 Å². The second-order valence-electron chi connectivity index (χ2n) is 18.8. The summed E-state index contributed by atoms with van der Waals surface area (Å²) >= 11 is 28.8. The highest BCUT2D eigenvalue weighted by Crippen LogP contribution is 2.42. The van der Waals surface area contributed by atoms with E-state index < -0.39 is 48.0 Å². The minimum absolute atomic E-state index is 0.00924. The summed E-state index contributed by atoms with van der Waals surface area (Å²) in [5.74, 6) is -0.378. The molecule has 4 aliphatic rings. The Hall–Kier alpha value is -4.61. The summed E-state index contributed by atoms with van der Waals surface area (Å²) in [7, 11) is 0. The molecule has 8 heterocycles. The molecule has 2 aromatic carbocycles. The Morgan fingerprint density at radius 1 is 0.635 bits per heavy atom. The number of Topliss-reactive ketones (excluding diaryl/α,β-unsaturated/α-hetero) is 1. The smallest absolute Gasteiger partial charge is 0.387 e. The topological polar surface area (TPSA) is 128 Å². The van der Waals surface area contributed by atoms with Gasteiger partial charge in [-0.15, -0.1) is 22.7 Å². The van der Waals surface area contributed by atoms with Gasteiger partial charge in [0, 0.05) is 78.0 Å². The predicted molar refractivity (Wildman–Crippen MR) is 271 cm³/mol. The molecule has 0 radical (unpaired) electrons. The van der Waals surface area contributed by atoms with Gasteiger partial charge >= 0.3 is 12.4 Å². The molecule has 13 nitrogen and oxygen atoms in total. The Labute approximate surface area is 449 Å². The Morgan fingerprint density at radius 3 is 1.34 bits per heavy atom. The van der Waals surface area contributed by atoms with Crippen LogP contribution in [0.25, 0.3) is 0 Å². The minimum Gasteiger partial charge on any atom is -0.387 e. The Kier molecular flexibility index (Phi) is 15.3. The minimum atomic E-state index is -4.73. The second kappa shape index (κ2) is 21.4. The van der Waals surface area contributed by atoms with Gasteiger partial charge in [0.2, 0.25) is 0 Å².